The molecule has 1 aromatic carbocycles. The number of unbranched alkanes of at least 4 members (excludes halogenated alkanes) is 1. The molecular formula is C15H23N3O3S. The van der Waals surface area contributed by atoms with Gasteiger partial charge in [0.15, 0.2) is 0 Å². The van der Waals surface area contributed by atoms with Gasteiger partial charge in [0.25, 0.3) is 0 Å². The van der Waals surface area contributed by atoms with Crippen LogP contribution >= 0.6 is 0 Å². The van der Waals surface area contributed by atoms with Crippen LogP contribution in [0.15, 0.2) is 35.2 Å². The van der Waals surface area contributed by atoms with E-state index in [1.165, 1.54) is 4.31 Å². The van der Waals surface area contributed by atoms with Gasteiger partial charge in [-0.25, -0.2) is 8.42 Å². The van der Waals surface area contributed by atoms with Gasteiger partial charge in [-0.05, 0) is 44.4 Å². The summed E-state index contributed by atoms with van der Waals surface area (Å²) in [5.41, 5.74) is 5.41. The number of nitrogens with one attached hydrogen (secondary N) is 1. The van der Waals surface area contributed by atoms with Crippen molar-refractivity contribution in [2.24, 2.45) is 5.73 Å². The van der Waals surface area contributed by atoms with Gasteiger partial charge < -0.3 is 11.1 Å². The van der Waals surface area contributed by atoms with Crippen LogP contribution in [0.3, 0.4) is 0 Å². The van der Waals surface area contributed by atoms with E-state index in [1.54, 1.807) is 30.3 Å². The number of benzene rings is 1. The number of sulfonamides is 1. The molecule has 2 rings (SSSR count). The highest BCUT2D eigenvalue weighted by Crippen LogP contribution is 2.26. The fourth-order valence-corrected chi connectivity index (χ4v) is 4.29. The first-order valence-electron chi connectivity index (χ1n) is 7.62. The Morgan fingerprint density at radius 3 is 2.68 bits per heavy atom. The van der Waals surface area contributed by atoms with Crippen LogP contribution in [0, 0.1) is 0 Å². The van der Waals surface area contributed by atoms with Gasteiger partial charge in [-0.1, -0.05) is 18.2 Å². The summed E-state index contributed by atoms with van der Waals surface area (Å²) in [6.07, 6.45) is 2.92. The van der Waals surface area contributed by atoms with Crippen LogP contribution in [0.1, 0.15) is 25.7 Å². The summed E-state index contributed by atoms with van der Waals surface area (Å²) in [5.74, 6) is -0.214. The zero-order valence-electron chi connectivity index (χ0n) is 12.6. The molecule has 1 saturated heterocycles. The van der Waals surface area contributed by atoms with Gasteiger partial charge in [0.05, 0.1) is 4.90 Å². The lowest BCUT2D eigenvalue weighted by atomic mass is 10.2. The molecule has 1 aliphatic rings. The number of carbonyl (C=O) groups is 1. The van der Waals surface area contributed by atoms with Gasteiger partial charge in [0, 0.05) is 13.1 Å². The van der Waals surface area contributed by atoms with Crippen LogP contribution in [0.25, 0.3) is 0 Å². The summed E-state index contributed by atoms with van der Waals surface area (Å²) in [6, 6.07) is 7.65. The van der Waals surface area contributed by atoms with E-state index in [0.29, 0.717) is 32.5 Å². The second-order valence-corrected chi connectivity index (χ2v) is 7.26. The Bertz CT molecular complexity index is 589. The molecule has 7 heteroatoms. The molecular weight excluding hydrogens is 302 g/mol. The lowest BCUT2D eigenvalue weighted by molar-refractivity contribution is -0.124. The summed E-state index contributed by atoms with van der Waals surface area (Å²) in [4.78, 5) is 12.5. The Kier molecular flexibility index (Phi) is 5.93. The summed E-state index contributed by atoms with van der Waals surface area (Å²) >= 11 is 0. The first-order valence-corrected chi connectivity index (χ1v) is 9.06. The molecule has 1 aliphatic heterocycles. The molecule has 0 spiro atoms. The third kappa shape index (κ3) is 3.85. The van der Waals surface area contributed by atoms with E-state index >= 15 is 0 Å². The number of hydrogen-bond acceptors (Lipinski definition) is 4. The molecule has 0 radical (unpaired) electrons. The van der Waals surface area contributed by atoms with Crippen molar-refractivity contribution < 1.29 is 13.2 Å². The minimum absolute atomic E-state index is 0.214. The highest BCUT2D eigenvalue weighted by Gasteiger charge is 2.39. The van der Waals surface area contributed by atoms with Crippen molar-refractivity contribution in [1.29, 1.82) is 0 Å². The molecule has 1 aromatic rings. The van der Waals surface area contributed by atoms with Gasteiger partial charge in [-0.2, -0.15) is 4.31 Å². The van der Waals surface area contributed by atoms with Crippen molar-refractivity contribution in [1.82, 2.24) is 9.62 Å². The number of amides is 1. The smallest absolute Gasteiger partial charge is 0.243 e. The summed E-state index contributed by atoms with van der Waals surface area (Å²) in [7, 11) is -3.62. The van der Waals surface area contributed by atoms with Crippen LogP contribution in [0.4, 0.5) is 0 Å². The standard InChI is InChI=1S/C15H23N3O3S/c16-10-4-5-11-17-15(19)14-9-6-12-18(14)22(20,21)13-7-2-1-3-8-13/h1-3,7-8,14H,4-6,9-12,16H2,(H,17,19). The van der Waals surface area contributed by atoms with Crippen LogP contribution in [-0.2, 0) is 14.8 Å². The number of nitrogens with zero attached hydrogens (tertiary/aromatic N) is 1. The Morgan fingerprint density at radius 2 is 2.00 bits per heavy atom. The van der Waals surface area contributed by atoms with Crippen molar-refractivity contribution in [3.8, 4) is 0 Å². The van der Waals surface area contributed by atoms with Crippen molar-refractivity contribution >= 4 is 15.9 Å². The van der Waals surface area contributed by atoms with Gasteiger partial charge in [0.2, 0.25) is 15.9 Å². The Labute approximate surface area is 131 Å². The van der Waals surface area contributed by atoms with E-state index in [1.807, 2.05) is 0 Å². The van der Waals surface area contributed by atoms with Crippen molar-refractivity contribution in [2.75, 3.05) is 19.6 Å². The molecule has 0 bridgehead atoms. The SMILES string of the molecule is NCCCCNC(=O)C1CCCN1S(=O)(=O)c1ccccc1. The highest BCUT2D eigenvalue weighted by molar-refractivity contribution is 7.89. The third-order valence-electron chi connectivity index (χ3n) is 3.79. The maximum absolute atomic E-state index is 12.7. The predicted octanol–water partition coefficient (Wildman–Crippen LogP) is 0.695. The molecule has 1 fully saturated rings. The molecule has 0 aromatic heterocycles. The number of carbonyl (C=O) groups excluding carboxylic acids is 1. The fourth-order valence-electron chi connectivity index (χ4n) is 2.62. The largest absolute Gasteiger partial charge is 0.355 e. The van der Waals surface area contributed by atoms with Gasteiger partial charge >= 0.3 is 0 Å². The van der Waals surface area contributed by atoms with E-state index in [-0.39, 0.29) is 10.8 Å². The summed E-state index contributed by atoms with van der Waals surface area (Å²) < 4.78 is 26.6. The van der Waals surface area contributed by atoms with E-state index in [9.17, 15) is 13.2 Å². The molecule has 0 aliphatic carbocycles. The van der Waals surface area contributed by atoms with Crippen LogP contribution in [-0.4, -0.2) is 44.3 Å². The normalized spacial score (nSPS) is 19.2. The molecule has 1 amide bonds. The number of rotatable bonds is 7. The van der Waals surface area contributed by atoms with E-state index in [0.717, 1.165) is 12.8 Å². The van der Waals surface area contributed by atoms with Crippen molar-refractivity contribution in [2.45, 2.75) is 36.6 Å². The fraction of sp³-hybridized carbons (Fsp3) is 0.533. The molecule has 1 heterocycles. The Balaban J connectivity index is 2.05. The van der Waals surface area contributed by atoms with Crippen molar-refractivity contribution in [3.63, 3.8) is 0 Å². The van der Waals surface area contributed by atoms with Gasteiger partial charge in [-0.3, -0.25) is 4.79 Å². The topological polar surface area (TPSA) is 92.5 Å². The highest BCUT2D eigenvalue weighted by atomic mass is 32.2. The summed E-state index contributed by atoms with van der Waals surface area (Å²) in [6.45, 7) is 1.51. The molecule has 122 valence electrons. The van der Waals surface area contributed by atoms with Crippen LogP contribution in [0.5, 0.6) is 0 Å². The number of hydrogen-bond donors (Lipinski definition) is 2. The minimum atomic E-state index is -3.62. The lowest BCUT2D eigenvalue weighted by Crippen LogP contribution is -2.46. The van der Waals surface area contributed by atoms with Crippen molar-refractivity contribution in [3.05, 3.63) is 30.3 Å². The molecule has 22 heavy (non-hydrogen) atoms. The van der Waals surface area contributed by atoms with Crippen LogP contribution < -0.4 is 11.1 Å². The van der Waals surface area contributed by atoms with Gasteiger partial charge in [-0.15, -0.1) is 0 Å². The van der Waals surface area contributed by atoms with Crippen LogP contribution in [0.2, 0.25) is 0 Å². The zero-order chi connectivity index (χ0) is 16.0. The Morgan fingerprint density at radius 1 is 1.27 bits per heavy atom. The monoisotopic (exact) mass is 325 g/mol. The molecule has 3 N–H and O–H groups in total. The quantitative estimate of drug-likeness (QED) is 0.722. The maximum Gasteiger partial charge on any atom is 0.243 e. The third-order valence-corrected chi connectivity index (χ3v) is 5.71. The Hall–Kier alpha value is -1.44. The molecule has 6 nitrogen and oxygen atoms in total. The van der Waals surface area contributed by atoms with Gasteiger partial charge in [0.1, 0.15) is 6.04 Å². The minimum Gasteiger partial charge on any atom is -0.355 e. The lowest BCUT2D eigenvalue weighted by Gasteiger charge is -2.23. The first kappa shape index (κ1) is 16.9. The average molecular weight is 325 g/mol. The van der Waals surface area contributed by atoms with E-state index < -0.39 is 16.1 Å². The molecule has 0 saturated carbocycles. The summed E-state index contributed by atoms with van der Waals surface area (Å²) in [5, 5.41) is 2.81. The molecule has 1 atom stereocenters. The maximum atomic E-state index is 12.7. The second-order valence-electron chi connectivity index (χ2n) is 5.37. The second kappa shape index (κ2) is 7.71. The predicted molar refractivity (Wildman–Crippen MR) is 84.7 cm³/mol. The van der Waals surface area contributed by atoms with E-state index in [2.05, 4.69) is 5.32 Å². The van der Waals surface area contributed by atoms with E-state index in [4.69, 9.17) is 5.73 Å². The average Bonchev–Trinajstić information content (AvgIpc) is 3.03. The molecule has 1 unspecified atom stereocenters. The first-order chi connectivity index (χ1) is 10.6. The number of nitrogens with two attached hydrogens (primary N) is 1. The zero-order valence-corrected chi connectivity index (χ0v) is 13.4.